The van der Waals surface area contributed by atoms with Crippen LogP contribution in [0.2, 0.25) is 5.02 Å². The lowest BCUT2D eigenvalue weighted by molar-refractivity contribution is -0.116. The van der Waals surface area contributed by atoms with Crippen LogP contribution < -0.4 is 10.1 Å². The second kappa shape index (κ2) is 6.96. The van der Waals surface area contributed by atoms with Gasteiger partial charge in [0.2, 0.25) is 5.91 Å². The molecule has 0 bridgehead atoms. The molecule has 0 radical (unpaired) electrons. The van der Waals surface area contributed by atoms with Gasteiger partial charge in [0.05, 0.1) is 12.1 Å². The van der Waals surface area contributed by atoms with E-state index in [1.807, 2.05) is 30.3 Å². The summed E-state index contributed by atoms with van der Waals surface area (Å²) in [5, 5.41) is 3.31. The summed E-state index contributed by atoms with van der Waals surface area (Å²) in [6.07, 6.45) is 1.16. The Hall–Kier alpha value is -2.00. The fourth-order valence-electron chi connectivity index (χ4n) is 1.87. The smallest absolute Gasteiger partial charge is 0.224 e. The van der Waals surface area contributed by atoms with E-state index < -0.39 is 0 Å². The topological polar surface area (TPSA) is 38.3 Å². The first-order valence-corrected chi connectivity index (χ1v) is 6.74. The molecule has 2 aromatic carbocycles. The van der Waals surface area contributed by atoms with Gasteiger partial charge in [-0.05, 0) is 30.2 Å². The van der Waals surface area contributed by atoms with Crippen LogP contribution in [0.4, 0.5) is 5.69 Å². The Labute approximate surface area is 123 Å². The summed E-state index contributed by atoms with van der Waals surface area (Å²) in [5.41, 5.74) is 1.82. The Kier molecular flexibility index (Phi) is 5.02. The summed E-state index contributed by atoms with van der Waals surface area (Å²) in [7, 11) is 1.55. The first-order chi connectivity index (χ1) is 9.69. The molecule has 0 spiro atoms. The van der Waals surface area contributed by atoms with E-state index in [-0.39, 0.29) is 5.91 Å². The van der Waals surface area contributed by atoms with E-state index in [4.69, 9.17) is 16.3 Å². The molecule has 0 unspecified atom stereocenters. The van der Waals surface area contributed by atoms with Crippen molar-refractivity contribution in [1.82, 2.24) is 0 Å². The summed E-state index contributed by atoms with van der Waals surface area (Å²) in [6.45, 7) is 0. The average Bonchev–Trinajstić information content (AvgIpc) is 2.46. The number of ether oxygens (including phenoxy) is 1. The third kappa shape index (κ3) is 4.00. The number of anilines is 1. The highest BCUT2D eigenvalue weighted by Crippen LogP contribution is 2.27. The summed E-state index contributed by atoms with van der Waals surface area (Å²) < 4.78 is 5.07. The molecule has 0 atom stereocenters. The lowest BCUT2D eigenvalue weighted by Crippen LogP contribution is -2.12. The normalized spacial score (nSPS) is 10.1. The van der Waals surface area contributed by atoms with Crippen LogP contribution in [0.15, 0.2) is 48.5 Å². The van der Waals surface area contributed by atoms with E-state index in [2.05, 4.69) is 5.32 Å². The highest BCUT2D eigenvalue weighted by Gasteiger charge is 2.06. The maximum atomic E-state index is 11.9. The van der Waals surface area contributed by atoms with E-state index in [1.54, 1.807) is 25.3 Å². The van der Waals surface area contributed by atoms with Gasteiger partial charge in [0.1, 0.15) is 5.75 Å². The molecule has 4 heteroatoms. The predicted octanol–water partition coefficient (Wildman–Crippen LogP) is 3.92. The van der Waals surface area contributed by atoms with Gasteiger partial charge in [-0.15, -0.1) is 0 Å². The van der Waals surface area contributed by atoms with E-state index in [0.717, 1.165) is 12.0 Å². The van der Waals surface area contributed by atoms with Crippen LogP contribution in [0.5, 0.6) is 5.75 Å². The van der Waals surface area contributed by atoms with Crippen LogP contribution in [0.1, 0.15) is 12.0 Å². The van der Waals surface area contributed by atoms with Gasteiger partial charge in [-0.2, -0.15) is 0 Å². The number of halogens is 1. The highest BCUT2D eigenvalue weighted by atomic mass is 35.5. The molecule has 3 nitrogen and oxygen atoms in total. The fourth-order valence-corrected chi connectivity index (χ4v) is 2.13. The second-order valence-electron chi connectivity index (χ2n) is 4.38. The maximum absolute atomic E-state index is 11.9. The molecule has 0 saturated heterocycles. The molecule has 0 aliphatic carbocycles. The van der Waals surface area contributed by atoms with Gasteiger partial charge in [-0.3, -0.25) is 4.79 Å². The van der Waals surface area contributed by atoms with Gasteiger partial charge >= 0.3 is 0 Å². The van der Waals surface area contributed by atoms with Crippen molar-refractivity contribution in [2.24, 2.45) is 0 Å². The number of hydrogen-bond acceptors (Lipinski definition) is 2. The van der Waals surface area contributed by atoms with Crippen LogP contribution in [0.25, 0.3) is 0 Å². The van der Waals surface area contributed by atoms with E-state index in [0.29, 0.717) is 22.9 Å². The zero-order valence-corrected chi connectivity index (χ0v) is 12.0. The van der Waals surface area contributed by atoms with Crippen molar-refractivity contribution in [3.63, 3.8) is 0 Å². The van der Waals surface area contributed by atoms with Crippen LogP contribution >= 0.6 is 11.6 Å². The number of aryl methyl sites for hydroxylation is 1. The van der Waals surface area contributed by atoms with E-state index in [9.17, 15) is 4.79 Å². The number of carbonyl (C=O) groups is 1. The van der Waals surface area contributed by atoms with Crippen LogP contribution in [0.3, 0.4) is 0 Å². The fraction of sp³-hybridized carbons (Fsp3) is 0.188. The zero-order chi connectivity index (χ0) is 14.4. The quantitative estimate of drug-likeness (QED) is 0.906. The van der Waals surface area contributed by atoms with Crippen LogP contribution in [-0.2, 0) is 11.2 Å². The predicted molar refractivity (Wildman–Crippen MR) is 81.4 cm³/mol. The third-order valence-electron chi connectivity index (χ3n) is 2.92. The Balaban J connectivity index is 1.90. The minimum absolute atomic E-state index is 0.0323. The first kappa shape index (κ1) is 14.4. The van der Waals surface area contributed by atoms with Crippen LogP contribution in [0, 0.1) is 0 Å². The van der Waals surface area contributed by atoms with Gasteiger partial charge in [-0.25, -0.2) is 0 Å². The van der Waals surface area contributed by atoms with Crippen molar-refractivity contribution in [3.05, 3.63) is 59.1 Å². The summed E-state index contributed by atoms with van der Waals surface area (Å²) in [6, 6.07) is 15.1. The van der Waals surface area contributed by atoms with Crippen molar-refractivity contribution in [3.8, 4) is 5.75 Å². The average molecular weight is 290 g/mol. The van der Waals surface area contributed by atoms with Crippen LogP contribution in [-0.4, -0.2) is 13.0 Å². The van der Waals surface area contributed by atoms with Crippen molar-refractivity contribution in [2.45, 2.75) is 12.8 Å². The number of rotatable bonds is 5. The largest absolute Gasteiger partial charge is 0.495 e. The van der Waals surface area contributed by atoms with Gasteiger partial charge in [0.25, 0.3) is 0 Å². The van der Waals surface area contributed by atoms with Crippen molar-refractivity contribution in [2.75, 3.05) is 12.4 Å². The molecule has 1 amide bonds. The molecule has 20 heavy (non-hydrogen) atoms. The molecule has 0 fully saturated rings. The molecule has 2 rings (SSSR count). The second-order valence-corrected chi connectivity index (χ2v) is 4.79. The molecule has 104 valence electrons. The number of nitrogens with one attached hydrogen (secondary N) is 1. The SMILES string of the molecule is COc1ccc(NC(=O)CCc2ccccc2)cc1Cl. The van der Waals surface area contributed by atoms with Crippen molar-refractivity contribution >= 4 is 23.2 Å². The number of hydrogen-bond donors (Lipinski definition) is 1. The lowest BCUT2D eigenvalue weighted by atomic mass is 10.1. The van der Waals surface area contributed by atoms with Gasteiger partial charge < -0.3 is 10.1 Å². The van der Waals surface area contributed by atoms with Gasteiger partial charge in [0.15, 0.2) is 0 Å². The van der Waals surface area contributed by atoms with E-state index >= 15 is 0 Å². The third-order valence-corrected chi connectivity index (χ3v) is 3.21. The molecule has 0 heterocycles. The first-order valence-electron chi connectivity index (χ1n) is 6.36. The number of carbonyl (C=O) groups excluding carboxylic acids is 1. The number of methoxy groups -OCH3 is 1. The Bertz CT molecular complexity index is 584. The Morgan fingerprint density at radius 2 is 1.95 bits per heavy atom. The zero-order valence-electron chi connectivity index (χ0n) is 11.2. The molecule has 0 aliphatic heterocycles. The Morgan fingerprint density at radius 1 is 1.20 bits per heavy atom. The molecule has 0 aliphatic rings. The molecule has 1 N–H and O–H groups in total. The van der Waals surface area contributed by atoms with Gasteiger partial charge in [0, 0.05) is 12.1 Å². The Morgan fingerprint density at radius 3 is 2.60 bits per heavy atom. The summed E-state index contributed by atoms with van der Waals surface area (Å²) >= 11 is 6.01. The number of benzene rings is 2. The van der Waals surface area contributed by atoms with Crippen molar-refractivity contribution in [1.29, 1.82) is 0 Å². The molecule has 2 aromatic rings. The molecular weight excluding hydrogens is 274 g/mol. The maximum Gasteiger partial charge on any atom is 0.224 e. The van der Waals surface area contributed by atoms with E-state index in [1.165, 1.54) is 0 Å². The lowest BCUT2D eigenvalue weighted by Gasteiger charge is -2.08. The standard InChI is InChI=1S/C16H16ClNO2/c1-20-15-9-8-13(11-14(15)17)18-16(19)10-7-12-5-3-2-4-6-12/h2-6,8-9,11H,7,10H2,1H3,(H,18,19). The minimum Gasteiger partial charge on any atom is -0.495 e. The molecular formula is C16H16ClNO2. The monoisotopic (exact) mass is 289 g/mol. The van der Waals surface area contributed by atoms with Gasteiger partial charge in [-0.1, -0.05) is 41.9 Å². The number of amides is 1. The van der Waals surface area contributed by atoms with Crippen molar-refractivity contribution < 1.29 is 9.53 Å². The highest BCUT2D eigenvalue weighted by molar-refractivity contribution is 6.32. The summed E-state index contributed by atoms with van der Waals surface area (Å²) in [5.74, 6) is 0.559. The minimum atomic E-state index is -0.0323. The molecule has 0 aromatic heterocycles. The summed E-state index contributed by atoms with van der Waals surface area (Å²) in [4.78, 5) is 11.9. The molecule has 0 saturated carbocycles.